The fraction of sp³-hybridized carbons (Fsp3) is 0. The molecule has 46 heavy (non-hydrogen) atoms. The zero-order valence-corrected chi connectivity index (χ0v) is 24.7. The first-order valence-electron chi connectivity index (χ1n) is 15.5. The lowest BCUT2D eigenvalue weighted by Crippen LogP contribution is -1.95. The van der Waals surface area contributed by atoms with Gasteiger partial charge < -0.3 is 8.98 Å². The van der Waals surface area contributed by atoms with Gasteiger partial charge in [-0.05, 0) is 92.3 Å². The molecule has 0 aliphatic carbocycles. The van der Waals surface area contributed by atoms with Crippen molar-refractivity contribution < 1.29 is 4.42 Å². The topological polar surface area (TPSA) is 43.9 Å². The Morgan fingerprint density at radius 2 is 1.15 bits per heavy atom. The van der Waals surface area contributed by atoms with Gasteiger partial charge in [0.25, 0.3) is 0 Å². The molecule has 4 aromatic heterocycles. The van der Waals surface area contributed by atoms with E-state index in [9.17, 15) is 0 Å². The Balaban J connectivity index is 1.18. The first kappa shape index (κ1) is 25.1. The van der Waals surface area contributed by atoms with Crippen molar-refractivity contribution in [3.63, 3.8) is 0 Å². The molecule has 0 atom stereocenters. The zero-order chi connectivity index (χ0) is 30.2. The lowest BCUT2D eigenvalue weighted by Gasteiger charge is -2.14. The average Bonchev–Trinajstić information content (AvgIpc) is 3.66. The molecule has 0 radical (unpaired) electrons. The van der Waals surface area contributed by atoms with E-state index in [2.05, 4.69) is 136 Å². The molecule has 0 amide bonds. The van der Waals surface area contributed by atoms with Crippen molar-refractivity contribution in [1.82, 2.24) is 14.5 Å². The van der Waals surface area contributed by atoms with Crippen LogP contribution in [0.5, 0.6) is 0 Å². The van der Waals surface area contributed by atoms with Crippen LogP contribution in [0.15, 0.2) is 157 Å². The van der Waals surface area contributed by atoms with Crippen molar-refractivity contribution in [2.45, 2.75) is 0 Å². The van der Waals surface area contributed by atoms with Crippen LogP contribution >= 0.6 is 0 Å². The standard InChI is InChI=1S/C42H25N3O/c1-2-9-31-29(6-1)21-38(33-11-4-3-10-32(31)33)28-7-5-8-30(20-28)45-39-22-26(12-14-34(39)35-16-18-43-24-40(35)45)27-13-15-36-37-17-19-44-25-42(37)46-41(36)23-27/h1-25H. The van der Waals surface area contributed by atoms with Crippen LogP contribution in [0.2, 0.25) is 0 Å². The molecule has 10 rings (SSSR count). The van der Waals surface area contributed by atoms with Crippen molar-refractivity contribution in [1.29, 1.82) is 0 Å². The van der Waals surface area contributed by atoms with Crippen LogP contribution in [0.3, 0.4) is 0 Å². The predicted octanol–water partition coefficient (Wildman–Crippen LogP) is 11.1. The number of hydrogen-bond acceptors (Lipinski definition) is 3. The van der Waals surface area contributed by atoms with Crippen molar-refractivity contribution in [3.05, 3.63) is 152 Å². The first-order chi connectivity index (χ1) is 22.8. The Morgan fingerprint density at radius 3 is 2.07 bits per heavy atom. The highest BCUT2D eigenvalue weighted by Crippen LogP contribution is 2.39. The maximum atomic E-state index is 6.18. The van der Waals surface area contributed by atoms with Gasteiger partial charge in [-0.2, -0.15) is 0 Å². The van der Waals surface area contributed by atoms with Gasteiger partial charge in [-0.25, -0.2) is 0 Å². The van der Waals surface area contributed by atoms with E-state index in [4.69, 9.17) is 4.42 Å². The minimum atomic E-state index is 0.803. The molecule has 4 heteroatoms. The highest BCUT2D eigenvalue weighted by atomic mass is 16.3. The van der Waals surface area contributed by atoms with Crippen LogP contribution < -0.4 is 0 Å². The van der Waals surface area contributed by atoms with E-state index < -0.39 is 0 Å². The Labute approximate surface area is 263 Å². The summed E-state index contributed by atoms with van der Waals surface area (Å²) >= 11 is 0. The molecule has 0 spiro atoms. The normalized spacial score (nSPS) is 11.9. The lowest BCUT2D eigenvalue weighted by atomic mass is 9.93. The number of rotatable bonds is 3. The largest absolute Gasteiger partial charge is 0.454 e. The number of hydrogen-bond donors (Lipinski definition) is 0. The van der Waals surface area contributed by atoms with Crippen molar-refractivity contribution in [3.8, 4) is 27.9 Å². The minimum Gasteiger partial charge on any atom is -0.454 e. The quantitative estimate of drug-likeness (QED) is 0.193. The number of furan rings is 1. The number of pyridine rings is 2. The molecule has 0 unspecified atom stereocenters. The third-order valence-corrected chi connectivity index (χ3v) is 9.36. The monoisotopic (exact) mass is 587 g/mol. The van der Waals surface area contributed by atoms with E-state index in [0.29, 0.717) is 0 Å². The van der Waals surface area contributed by atoms with Gasteiger partial charge >= 0.3 is 0 Å². The van der Waals surface area contributed by atoms with Gasteiger partial charge in [0.1, 0.15) is 5.58 Å². The molecule has 0 aliphatic rings. The second-order valence-corrected chi connectivity index (χ2v) is 11.9. The van der Waals surface area contributed by atoms with Crippen LogP contribution in [-0.2, 0) is 0 Å². The van der Waals surface area contributed by atoms with Gasteiger partial charge in [-0.1, -0.05) is 78.9 Å². The van der Waals surface area contributed by atoms with E-state index in [1.807, 2.05) is 24.7 Å². The summed E-state index contributed by atoms with van der Waals surface area (Å²) in [7, 11) is 0. The summed E-state index contributed by atoms with van der Waals surface area (Å²) in [6, 6.07) is 45.9. The summed E-state index contributed by atoms with van der Waals surface area (Å²) in [6.07, 6.45) is 7.44. The third kappa shape index (κ3) is 3.67. The summed E-state index contributed by atoms with van der Waals surface area (Å²) in [5, 5.41) is 9.59. The van der Waals surface area contributed by atoms with Gasteiger partial charge in [0.2, 0.25) is 0 Å². The highest BCUT2D eigenvalue weighted by Gasteiger charge is 2.16. The minimum absolute atomic E-state index is 0.803. The van der Waals surface area contributed by atoms with Crippen LogP contribution in [0, 0.1) is 0 Å². The van der Waals surface area contributed by atoms with Crippen molar-refractivity contribution >= 4 is 65.3 Å². The Morgan fingerprint density at radius 1 is 0.435 bits per heavy atom. The molecule has 6 aromatic carbocycles. The molecule has 0 saturated carbocycles. The molecule has 4 nitrogen and oxygen atoms in total. The lowest BCUT2D eigenvalue weighted by molar-refractivity contribution is 0.667. The average molecular weight is 588 g/mol. The Kier molecular flexibility index (Phi) is 5.25. The van der Waals surface area contributed by atoms with E-state index in [1.54, 1.807) is 6.20 Å². The molecule has 214 valence electrons. The van der Waals surface area contributed by atoms with Gasteiger partial charge in [-0.15, -0.1) is 0 Å². The maximum absolute atomic E-state index is 6.18. The fourth-order valence-electron chi connectivity index (χ4n) is 7.24. The number of nitrogens with zero attached hydrogens (tertiary/aromatic N) is 3. The van der Waals surface area contributed by atoms with Gasteiger partial charge in [0.05, 0.1) is 23.4 Å². The summed E-state index contributed by atoms with van der Waals surface area (Å²) in [5.74, 6) is 0. The summed E-state index contributed by atoms with van der Waals surface area (Å²) in [6.45, 7) is 0. The first-order valence-corrected chi connectivity index (χ1v) is 15.5. The van der Waals surface area contributed by atoms with Crippen LogP contribution in [-0.4, -0.2) is 14.5 Å². The summed E-state index contributed by atoms with van der Waals surface area (Å²) in [4.78, 5) is 8.78. The summed E-state index contributed by atoms with van der Waals surface area (Å²) in [5.41, 5.74) is 9.61. The highest BCUT2D eigenvalue weighted by molar-refractivity contribution is 6.14. The second-order valence-electron chi connectivity index (χ2n) is 11.9. The molecule has 0 saturated heterocycles. The molecular weight excluding hydrogens is 562 g/mol. The van der Waals surface area contributed by atoms with E-state index in [-0.39, 0.29) is 0 Å². The van der Waals surface area contributed by atoms with Gasteiger partial charge in [-0.3, -0.25) is 9.97 Å². The summed E-state index contributed by atoms with van der Waals surface area (Å²) < 4.78 is 8.53. The van der Waals surface area contributed by atoms with Crippen LogP contribution in [0.1, 0.15) is 0 Å². The third-order valence-electron chi connectivity index (χ3n) is 9.36. The van der Waals surface area contributed by atoms with Crippen molar-refractivity contribution in [2.24, 2.45) is 0 Å². The van der Waals surface area contributed by atoms with Gasteiger partial charge in [0, 0.05) is 39.6 Å². The molecule has 0 aliphatic heterocycles. The predicted molar refractivity (Wildman–Crippen MR) is 190 cm³/mol. The molecule has 4 heterocycles. The molecule has 0 fully saturated rings. The number of fused-ring (bicyclic) bond motifs is 9. The van der Waals surface area contributed by atoms with E-state index >= 15 is 0 Å². The van der Waals surface area contributed by atoms with E-state index in [1.165, 1.54) is 43.4 Å². The zero-order valence-electron chi connectivity index (χ0n) is 24.7. The molecule has 10 aromatic rings. The smallest absolute Gasteiger partial charge is 0.153 e. The van der Waals surface area contributed by atoms with Crippen LogP contribution in [0.4, 0.5) is 0 Å². The second kappa shape index (κ2) is 9.62. The number of aromatic nitrogens is 3. The van der Waals surface area contributed by atoms with Gasteiger partial charge in [0.15, 0.2) is 5.58 Å². The maximum Gasteiger partial charge on any atom is 0.153 e. The number of benzene rings is 6. The Hall–Kier alpha value is -6.26. The molecular formula is C42H25N3O. The van der Waals surface area contributed by atoms with Crippen molar-refractivity contribution in [2.75, 3.05) is 0 Å². The van der Waals surface area contributed by atoms with E-state index in [0.717, 1.165) is 49.8 Å². The molecule has 0 bridgehead atoms. The van der Waals surface area contributed by atoms with Crippen LogP contribution in [0.25, 0.3) is 93.2 Å². The molecule has 0 N–H and O–H groups in total. The fourth-order valence-corrected chi connectivity index (χ4v) is 7.24. The SMILES string of the molecule is c1cc(-c2cc3ccccc3c3ccccc23)cc(-n2c3cnccc3c3ccc(-c4ccc5c(c4)oc4cnccc45)cc32)c1. The Bertz CT molecular complexity index is 2820.